The van der Waals surface area contributed by atoms with E-state index >= 15 is 0 Å². The topological polar surface area (TPSA) is 110 Å². The van der Waals surface area contributed by atoms with Crippen molar-refractivity contribution in [1.29, 1.82) is 0 Å². The number of benzene rings is 1. The zero-order valence-electron chi connectivity index (χ0n) is 15.6. The van der Waals surface area contributed by atoms with Crippen molar-refractivity contribution < 1.29 is 27.4 Å². The predicted octanol–water partition coefficient (Wildman–Crippen LogP) is 2.28. The number of nitrogen functional groups attached to an aromatic ring is 1. The van der Waals surface area contributed by atoms with Crippen LogP contribution in [0.3, 0.4) is 0 Å². The quantitative estimate of drug-likeness (QED) is 0.726. The molecule has 146 valence electrons. The van der Waals surface area contributed by atoms with Gasteiger partial charge in [0.05, 0.1) is 45.4 Å². The molecule has 0 bridgehead atoms. The van der Waals surface area contributed by atoms with Gasteiger partial charge in [0.1, 0.15) is 17.2 Å². The second kappa shape index (κ2) is 8.63. The number of nitrogens with zero attached hydrogens (tertiary/aromatic N) is 1. The molecule has 2 N–H and O–H groups in total. The molecule has 2 aromatic rings. The molecule has 2 rings (SSSR count). The molecule has 0 aliphatic carbocycles. The Labute approximate surface area is 158 Å². The number of anilines is 1. The largest absolute Gasteiger partial charge is 0.496 e. The molecule has 0 aliphatic rings. The molecule has 0 saturated heterocycles. The van der Waals surface area contributed by atoms with Gasteiger partial charge in [-0.15, -0.1) is 0 Å². The maximum Gasteiger partial charge on any atom is 0.177 e. The Balaban J connectivity index is 2.32. The summed E-state index contributed by atoms with van der Waals surface area (Å²) in [5.74, 6) is 1.58. The number of hydrogen-bond donors (Lipinski definition) is 1. The van der Waals surface area contributed by atoms with Crippen LogP contribution in [0.15, 0.2) is 29.7 Å². The molecule has 1 aromatic heterocycles. The summed E-state index contributed by atoms with van der Waals surface area (Å²) < 4.78 is 45.7. The summed E-state index contributed by atoms with van der Waals surface area (Å²) in [7, 11) is 2.31. The lowest BCUT2D eigenvalue weighted by molar-refractivity contribution is 0.374. The van der Waals surface area contributed by atoms with Crippen molar-refractivity contribution in [1.82, 2.24) is 4.98 Å². The van der Waals surface area contributed by atoms with E-state index in [1.807, 2.05) is 0 Å². The highest BCUT2D eigenvalue weighted by atomic mass is 32.2. The lowest BCUT2D eigenvalue weighted by Crippen LogP contribution is -2.05. The number of hydrogen-bond acceptors (Lipinski definition) is 8. The molecule has 0 unspecified atom stereocenters. The Morgan fingerprint density at radius 2 is 1.56 bits per heavy atom. The smallest absolute Gasteiger partial charge is 0.177 e. The van der Waals surface area contributed by atoms with Crippen LogP contribution in [0.1, 0.15) is 11.3 Å². The highest BCUT2D eigenvalue weighted by molar-refractivity contribution is 7.93. The van der Waals surface area contributed by atoms with E-state index in [1.54, 1.807) is 24.3 Å². The Morgan fingerprint density at radius 1 is 0.963 bits per heavy atom. The highest BCUT2D eigenvalue weighted by Gasteiger charge is 2.15. The van der Waals surface area contributed by atoms with E-state index in [9.17, 15) is 8.42 Å². The van der Waals surface area contributed by atoms with Gasteiger partial charge in [-0.25, -0.2) is 13.4 Å². The van der Waals surface area contributed by atoms with Crippen LogP contribution in [0.4, 0.5) is 5.82 Å². The summed E-state index contributed by atoms with van der Waals surface area (Å²) in [4.78, 5) is 4.05. The molecule has 0 atom stereocenters. The SMILES string of the molecule is COc1cc(OC)c(C=CS(=O)(=O)Cc2ccc(OC)c(N)n2)c(OC)c1. The standard InChI is InChI=1S/C18H22N2O6S/c1-23-13-9-16(25-3)14(17(10-13)26-4)7-8-27(21,22)11-12-5-6-15(24-2)18(19)20-12/h5-10H,11H2,1-4H3,(H2,19,20). The fourth-order valence-corrected chi connectivity index (χ4v) is 3.39. The van der Waals surface area contributed by atoms with Crippen molar-refractivity contribution in [2.75, 3.05) is 34.2 Å². The van der Waals surface area contributed by atoms with Gasteiger partial charge in [-0.2, -0.15) is 0 Å². The minimum Gasteiger partial charge on any atom is -0.496 e. The lowest BCUT2D eigenvalue weighted by atomic mass is 10.1. The number of nitrogens with two attached hydrogens (primary N) is 1. The highest BCUT2D eigenvalue weighted by Crippen LogP contribution is 2.35. The van der Waals surface area contributed by atoms with E-state index in [2.05, 4.69) is 4.98 Å². The Kier molecular flexibility index (Phi) is 6.51. The summed E-state index contributed by atoms with van der Waals surface area (Å²) in [5, 5.41) is 1.09. The molecule has 27 heavy (non-hydrogen) atoms. The zero-order chi connectivity index (χ0) is 20.0. The van der Waals surface area contributed by atoms with Crippen LogP contribution in [-0.2, 0) is 15.6 Å². The minimum absolute atomic E-state index is 0.132. The molecule has 0 amide bonds. The number of rotatable bonds is 8. The fraction of sp³-hybridized carbons (Fsp3) is 0.278. The normalized spacial score (nSPS) is 11.4. The third-order valence-corrected chi connectivity index (χ3v) is 4.96. The van der Waals surface area contributed by atoms with Gasteiger partial charge in [-0.1, -0.05) is 0 Å². The summed E-state index contributed by atoms with van der Waals surface area (Å²) in [6.45, 7) is 0. The molecule has 0 fully saturated rings. The molecule has 0 saturated carbocycles. The lowest BCUT2D eigenvalue weighted by Gasteiger charge is -2.12. The van der Waals surface area contributed by atoms with Crippen molar-refractivity contribution in [3.8, 4) is 23.0 Å². The Morgan fingerprint density at radius 3 is 2.04 bits per heavy atom. The molecule has 0 aliphatic heterocycles. The third kappa shape index (κ3) is 5.04. The van der Waals surface area contributed by atoms with Gasteiger partial charge >= 0.3 is 0 Å². The van der Waals surface area contributed by atoms with E-state index in [0.717, 1.165) is 5.41 Å². The average molecular weight is 394 g/mol. The van der Waals surface area contributed by atoms with Gasteiger partial charge in [-0.3, -0.25) is 0 Å². The average Bonchev–Trinajstić information content (AvgIpc) is 2.65. The van der Waals surface area contributed by atoms with E-state index in [1.165, 1.54) is 34.5 Å². The van der Waals surface area contributed by atoms with Gasteiger partial charge < -0.3 is 24.7 Å². The van der Waals surface area contributed by atoms with E-state index in [-0.39, 0.29) is 11.6 Å². The molecular weight excluding hydrogens is 372 g/mol. The molecule has 0 spiro atoms. The first-order valence-electron chi connectivity index (χ1n) is 7.83. The molecule has 1 heterocycles. The zero-order valence-corrected chi connectivity index (χ0v) is 16.4. The first-order chi connectivity index (χ1) is 12.8. The molecular formula is C18H22N2O6S. The number of methoxy groups -OCH3 is 4. The monoisotopic (exact) mass is 394 g/mol. The molecule has 8 nitrogen and oxygen atoms in total. The summed E-state index contributed by atoms with van der Waals surface area (Å²) in [5.41, 5.74) is 6.51. The predicted molar refractivity (Wildman–Crippen MR) is 103 cm³/mol. The Bertz CT molecular complexity index is 916. The maximum atomic E-state index is 12.5. The fourth-order valence-electron chi connectivity index (χ4n) is 2.38. The summed E-state index contributed by atoms with van der Waals surface area (Å²) in [6, 6.07) is 6.41. The summed E-state index contributed by atoms with van der Waals surface area (Å²) >= 11 is 0. The van der Waals surface area contributed by atoms with Gasteiger partial charge in [0.15, 0.2) is 21.4 Å². The van der Waals surface area contributed by atoms with Gasteiger partial charge in [0.2, 0.25) is 0 Å². The number of ether oxygens (including phenoxy) is 4. The van der Waals surface area contributed by atoms with Gasteiger partial charge in [-0.05, 0) is 18.2 Å². The minimum atomic E-state index is -3.62. The number of pyridine rings is 1. The summed E-state index contributed by atoms with van der Waals surface area (Å²) in [6.07, 6.45) is 1.42. The molecule has 0 radical (unpaired) electrons. The molecule has 1 aromatic carbocycles. The first-order valence-corrected chi connectivity index (χ1v) is 9.55. The van der Waals surface area contributed by atoms with Crippen molar-refractivity contribution in [2.24, 2.45) is 0 Å². The van der Waals surface area contributed by atoms with Crippen LogP contribution >= 0.6 is 0 Å². The first kappa shape index (κ1) is 20.4. The van der Waals surface area contributed by atoms with E-state index < -0.39 is 9.84 Å². The number of sulfone groups is 1. The van der Waals surface area contributed by atoms with Gasteiger partial charge in [0, 0.05) is 17.5 Å². The van der Waals surface area contributed by atoms with Crippen molar-refractivity contribution >= 4 is 21.7 Å². The van der Waals surface area contributed by atoms with Crippen LogP contribution in [0.25, 0.3) is 6.08 Å². The van der Waals surface area contributed by atoms with Gasteiger partial charge in [0.25, 0.3) is 0 Å². The van der Waals surface area contributed by atoms with E-state index in [0.29, 0.717) is 34.3 Å². The van der Waals surface area contributed by atoms with Crippen LogP contribution < -0.4 is 24.7 Å². The van der Waals surface area contributed by atoms with Crippen LogP contribution in [0.5, 0.6) is 23.0 Å². The third-order valence-electron chi connectivity index (χ3n) is 3.71. The van der Waals surface area contributed by atoms with E-state index in [4.69, 9.17) is 24.7 Å². The second-order valence-corrected chi connectivity index (χ2v) is 7.33. The second-order valence-electron chi connectivity index (χ2n) is 5.45. The van der Waals surface area contributed by atoms with Crippen molar-refractivity contribution in [3.63, 3.8) is 0 Å². The van der Waals surface area contributed by atoms with Crippen LogP contribution in [0, 0.1) is 0 Å². The Hall–Kier alpha value is -2.94. The maximum absolute atomic E-state index is 12.5. The molecule has 9 heteroatoms. The number of aromatic nitrogens is 1. The van der Waals surface area contributed by atoms with Crippen LogP contribution in [0.2, 0.25) is 0 Å². The van der Waals surface area contributed by atoms with Crippen molar-refractivity contribution in [2.45, 2.75) is 5.75 Å². The van der Waals surface area contributed by atoms with Crippen molar-refractivity contribution in [3.05, 3.63) is 40.9 Å². The van der Waals surface area contributed by atoms with Crippen LogP contribution in [-0.4, -0.2) is 41.8 Å².